The maximum Gasteiger partial charge on any atom is 0.218 e. The zero-order valence-electron chi connectivity index (χ0n) is 10.3. The SMILES string of the molecule is COC1CCCC(Oc2ncccc2CN)C1. The molecule has 2 N–H and O–H groups in total. The summed E-state index contributed by atoms with van der Waals surface area (Å²) in [6.45, 7) is 0.462. The molecule has 0 radical (unpaired) electrons. The number of hydrogen-bond acceptors (Lipinski definition) is 4. The fourth-order valence-electron chi connectivity index (χ4n) is 2.27. The summed E-state index contributed by atoms with van der Waals surface area (Å²) in [6.07, 6.45) is 6.55. The maximum absolute atomic E-state index is 5.94. The Kier molecular flexibility index (Phi) is 4.34. The number of nitrogens with two attached hydrogens (primary N) is 1. The van der Waals surface area contributed by atoms with E-state index in [9.17, 15) is 0 Å². The van der Waals surface area contributed by atoms with Gasteiger partial charge in [0.05, 0.1) is 6.10 Å². The van der Waals surface area contributed by atoms with E-state index in [0.29, 0.717) is 18.5 Å². The Hall–Kier alpha value is -1.13. The van der Waals surface area contributed by atoms with Crippen molar-refractivity contribution in [2.75, 3.05) is 7.11 Å². The van der Waals surface area contributed by atoms with Crippen molar-refractivity contribution < 1.29 is 9.47 Å². The molecule has 1 saturated carbocycles. The Morgan fingerprint density at radius 3 is 3.00 bits per heavy atom. The van der Waals surface area contributed by atoms with Gasteiger partial charge in [-0.05, 0) is 25.3 Å². The molecule has 0 bridgehead atoms. The molecule has 1 aromatic rings. The molecule has 2 atom stereocenters. The minimum absolute atomic E-state index is 0.203. The van der Waals surface area contributed by atoms with Gasteiger partial charge in [-0.1, -0.05) is 6.07 Å². The normalized spacial score (nSPS) is 24.6. The van der Waals surface area contributed by atoms with Gasteiger partial charge >= 0.3 is 0 Å². The predicted octanol–water partition coefficient (Wildman–Crippen LogP) is 1.88. The molecule has 0 aliphatic heterocycles. The molecule has 4 nitrogen and oxygen atoms in total. The number of nitrogens with zero attached hydrogens (tertiary/aromatic N) is 1. The molecule has 94 valence electrons. The molecule has 1 heterocycles. The Morgan fingerprint density at radius 1 is 1.41 bits per heavy atom. The van der Waals surface area contributed by atoms with Crippen molar-refractivity contribution in [2.24, 2.45) is 5.73 Å². The molecule has 0 saturated heterocycles. The number of methoxy groups -OCH3 is 1. The highest BCUT2D eigenvalue weighted by Gasteiger charge is 2.23. The van der Waals surface area contributed by atoms with Crippen LogP contribution in [0.1, 0.15) is 31.2 Å². The molecule has 2 rings (SSSR count). The highest BCUT2D eigenvalue weighted by molar-refractivity contribution is 5.25. The third kappa shape index (κ3) is 3.17. The summed E-state index contributed by atoms with van der Waals surface area (Å²) in [4.78, 5) is 4.25. The summed E-state index contributed by atoms with van der Waals surface area (Å²) in [5.74, 6) is 0.678. The van der Waals surface area contributed by atoms with E-state index in [-0.39, 0.29) is 6.10 Å². The molecule has 1 fully saturated rings. The third-order valence-electron chi connectivity index (χ3n) is 3.26. The van der Waals surface area contributed by atoms with Crippen LogP contribution in [-0.4, -0.2) is 24.3 Å². The zero-order valence-corrected chi connectivity index (χ0v) is 10.3. The van der Waals surface area contributed by atoms with Crippen molar-refractivity contribution in [1.29, 1.82) is 0 Å². The average Bonchev–Trinajstić information content (AvgIpc) is 2.39. The number of hydrogen-bond donors (Lipinski definition) is 1. The Labute approximate surface area is 102 Å². The lowest BCUT2D eigenvalue weighted by atomic mass is 9.95. The predicted molar refractivity (Wildman–Crippen MR) is 65.8 cm³/mol. The minimum atomic E-state index is 0.203. The van der Waals surface area contributed by atoms with Gasteiger partial charge in [-0.3, -0.25) is 0 Å². The topological polar surface area (TPSA) is 57.4 Å². The molecular weight excluding hydrogens is 216 g/mol. The van der Waals surface area contributed by atoms with Gasteiger partial charge in [0.15, 0.2) is 0 Å². The van der Waals surface area contributed by atoms with Crippen LogP contribution < -0.4 is 10.5 Å². The summed E-state index contributed by atoms with van der Waals surface area (Å²) < 4.78 is 11.3. The largest absolute Gasteiger partial charge is 0.474 e. The van der Waals surface area contributed by atoms with E-state index in [1.165, 1.54) is 0 Å². The molecule has 0 amide bonds. The van der Waals surface area contributed by atoms with Crippen LogP contribution in [0.3, 0.4) is 0 Å². The Balaban J connectivity index is 2.00. The van der Waals surface area contributed by atoms with Crippen LogP contribution in [-0.2, 0) is 11.3 Å². The fraction of sp³-hybridized carbons (Fsp3) is 0.615. The van der Waals surface area contributed by atoms with E-state index >= 15 is 0 Å². The van der Waals surface area contributed by atoms with Gasteiger partial charge in [-0.15, -0.1) is 0 Å². The van der Waals surface area contributed by atoms with Crippen LogP contribution in [0.25, 0.3) is 0 Å². The fourth-order valence-corrected chi connectivity index (χ4v) is 2.27. The van der Waals surface area contributed by atoms with Crippen LogP contribution >= 0.6 is 0 Å². The summed E-state index contributed by atoms with van der Waals surface area (Å²) >= 11 is 0. The standard InChI is InChI=1S/C13H20N2O2/c1-16-11-5-2-6-12(8-11)17-13-10(9-14)4-3-7-15-13/h3-4,7,11-12H,2,5-6,8-9,14H2,1H3. The van der Waals surface area contributed by atoms with Gasteiger partial charge in [0, 0.05) is 31.8 Å². The molecule has 1 aliphatic carbocycles. The van der Waals surface area contributed by atoms with E-state index in [4.69, 9.17) is 15.2 Å². The average molecular weight is 236 g/mol. The van der Waals surface area contributed by atoms with Crippen LogP contribution in [0.2, 0.25) is 0 Å². The molecule has 17 heavy (non-hydrogen) atoms. The first-order chi connectivity index (χ1) is 8.33. The third-order valence-corrected chi connectivity index (χ3v) is 3.26. The lowest BCUT2D eigenvalue weighted by Gasteiger charge is -2.28. The van der Waals surface area contributed by atoms with Crippen LogP contribution in [0, 0.1) is 0 Å². The molecule has 0 spiro atoms. The van der Waals surface area contributed by atoms with Gasteiger partial charge in [-0.2, -0.15) is 0 Å². The molecule has 4 heteroatoms. The van der Waals surface area contributed by atoms with E-state index in [1.54, 1.807) is 13.3 Å². The minimum Gasteiger partial charge on any atom is -0.474 e. The van der Waals surface area contributed by atoms with Gasteiger partial charge < -0.3 is 15.2 Å². The second-order valence-corrected chi connectivity index (χ2v) is 4.44. The second kappa shape index (κ2) is 5.98. The summed E-state index contributed by atoms with van der Waals surface area (Å²) in [7, 11) is 1.76. The quantitative estimate of drug-likeness (QED) is 0.867. The van der Waals surface area contributed by atoms with Crippen molar-refractivity contribution in [2.45, 2.75) is 44.4 Å². The van der Waals surface area contributed by atoms with Gasteiger partial charge in [0.1, 0.15) is 6.10 Å². The van der Waals surface area contributed by atoms with Crippen LogP contribution in [0.5, 0.6) is 5.88 Å². The monoisotopic (exact) mass is 236 g/mol. The lowest BCUT2D eigenvalue weighted by Crippen LogP contribution is -2.30. The molecule has 0 aromatic carbocycles. The van der Waals surface area contributed by atoms with Crippen molar-refractivity contribution in [3.8, 4) is 5.88 Å². The smallest absolute Gasteiger partial charge is 0.218 e. The first kappa shape index (κ1) is 12.3. The summed E-state index contributed by atoms with van der Waals surface area (Å²) in [5.41, 5.74) is 6.63. The van der Waals surface area contributed by atoms with E-state index in [1.807, 2.05) is 12.1 Å². The lowest BCUT2D eigenvalue weighted by molar-refractivity contribution is 0.0192. The van der Waals surface area contributed by atoms with Crippen molar-refractivity contribution in [3.63, 3.8) is 0 Å². The zero-order chi connectivity index (χ0) is 12.1. The highest BCUT2D eigenvalue weighted by atomic mass is 16.5. The maximum atomic E-state index is 5.94. The van der Waals surface area contributed by atoms with Gasteiger partial charge in [0.25, 0.3) is 0 Å². The number of aromatic nitrogens is 1. The molecule has 2 unspecified atom stereocenters. The highest BCUT2D eigenvalue weighted by Crippen LogP contribution is 2.25. The van der Waals surface area contributed by atoms with E-state index < -0.39 is 0 Å². The van der Waals surface area contributed by atoms with Crippen molar-refractivity contribution in [1.82, 2.24) is 4.98 Å². The Morgan fingerprint density at radius 2 is 2.24 bits per heavy atom. The summed E-state index contributed by atoms with van der Waals surface area (Å²) in [6, 6.07) is 3.84. The van der Waals surface area contributed by atoms with Crippen molar-refractivity contribution >= 4 is 0 Å². The summed E-state index contributed by atoms with van der Waals surface area (Å²) in [5, 5.41) is 0. The first-order valence-electron chi connectivity index (χ1n) is 6.17. The van der Waals surface area contributed by atoms with Crippen molar-refractivity contribution in [3.05, 3.63) is 23.9 Å². The molecule has 1 aromatic heterocycles. The second-order valence-electron chi connectivity index (χ2n) is 4.44. The van der Waals surface area contributed by atoms with Crippen LogP contribution in [0.15, 0.2) is 18.3 Å². The molecule has 1 aliphatic rings. The molecular formula is C13H20N2O2. The first-order valence-corrected chi connectivity index (χ1v) is 6.17. The van der Waals surface area contributed by atoms with Gasteiger partial charge in [0.2, 0.25) is 5.88 Å². The number of ether oxygens (including phenoxy) is 2. The number of rotatable bonds is 4. The van der Waals surface area contributed by atoms with E-state index in [2.05, 4.69) is 4.98 Å². The van der Waals surface area contributed by atoms with Gasteiger partial charge in [-0.25, -0.2) is 4.98 Å². The van der Waals surface area contributed by atoms with Crippen LogP contribution in [0.4, 0.5) is 0 Å². The van der Waals surface area contributed by atoms with E-state index in [0.717, 1.165) is 31.2 Å². The Bertz CT molecular complexity index is 357. The number of pyridine rings is 1.